The molecular weight excluding hydrogens is 442 g/mol. The van der Waals surface area contributed by atoms with Gasteiger partial charge < -0.3 is 10.1 Å². The van der Waals surface area contributed by atoms with Crippen molar-refractivity contribution in [3.8, 4) is 0 Å². The number of amides is 3. The summed E-state index contributed by atoms with van der Waals surface area (Å²) in [5.41, 5.74) is 3.67. The summed E-state index contributed by atoms with van der Waals surface area (Å²) in [5.74, 6) is -1.04. The van der Waals surface area contributed by atoms with Crippen LogP contribution >= 0.6 is 0 Å². The maximum atomic E-state index is 12.9. The number of anilines is 1. The first-order valence-corrected chi connectivity index (χ1v) is 11.8. The lowest BCUT2D eigenvalue weighted by atomic mass is 10.1. The van der Waals surface area contributed by atoms with E-state index in [0.717, 1.165) is 44.8 Å². The third-order valence-electron chi connectivity index (χ3n) is 6.45. The Bertz CT molecular complexity index is 1230. The number of imide groups is 1. The Kier molecular flexibility index (Phi) is 6.70. The fraction of sp³-hybridized carbons (Fsp3) is 0.250. The van der Waals surface area contributed by atoms with Crippen LogP contribution in [0.3, 0.4) is 0 Å². The standard InChI is InChI=1S/C28H27N3O4/c32-26(29-23-9-6-20(7-10-23)12-13-30-14-16-35-17-15-30)22-8-11-24-25(18-22)28(34)31(27(24)33)19-21-4-2-1-3-5-21/h1-11,18H,12-17,19H2,(H,29,32). The van der Waals surface area contributed by atoms with Crippen LogP contribution in [-0.2, 0) is 17.7 Å². The average molecular weight is 470 g/mol. The largest absolute Gasteiger partial charge is 0.379 e. The van der Waals surface area contributed by atoms with Gasteiger partial charge in [0.1, 0.15) is 0 Å². The third kappa shape index (κ3) is 5.16. The van der Waals surface area contributed by atoms with Gasteiger partial charge in [0.25, 0.3) is 17.7 Å². The smallest absolute Gasteiger partial charge is 0.261 e. The van der Waals surface area contributed by atoms with Gasteiger partial charge >= 0.3 is 0 Å². The molecule has 7 heteroatoms. The van der Waals surface area contributed by atoms with E-state index in [1.807, 2.05) is 54.6 Å². The van der Waals surface area contributed by atoms with Crippen molar-refractivity contribution < 1.29 is 19.1 Å². The van der Waals surface area contributed by atoms with Gasteiger partial charge in [-0.2, -0.15) is 0 Å². The van der Waals surface area contributed by atoms with Crippen LogP contribution in [-0.4, -0.2) is 60.4 Å². The van der Waals surface area contributed by atoms with E-state index in [1.165, 1.54) is 16.5 Å². The number of ether oxygens (including phenoxy) is 1. The lowest BCUT2D eigenvalue weighted by Crippen LogP contribution is -2.37. The summed E-state index contributed by atoms with van der Waals surface area (Å²) < 4.78 is 5.39. The molecule has 0 radical (unpaired) electrons. The van der Waals surface area contributed by atoms with Crippen molar-refractivity contribution in [3.63, 3.8) is 0 Å². The number of carbonyl (C=O) groups excluding carboxylic acids is 3. The summed E-state index contributed by atoms with van der Waals surface area (Å²) in [5, 5.41) is 2.88. The van der Waals surface area contributed by atoms with Crippen molar-refractivity contribution in [3.05, 3.63) is 101 Å². The molecule has 0 saturated carbocycles. The molecule has 35 heavy (non-hydrogen) atoms. The second-order valence-corrected chi connectivity index (χ2v) is 8.80. The first-order chi connectivity index (χ1) is 17.1. The van der Waals surface area contributed by atoms with Crippen LogP contribution in [0.25, 0.3) is 0 Å². The van der Waals surface area contributed by atoms with Crippen LogP contribution in [0.4, 0.5) is 5.69 Å². The van der Waals surface area contributed by atoms with Gasteiger partial charge in [-0.3, -0.25) is 24.2 Å². The minimum Gasteiger partial charge on any atom is -0.379 e. The highest BCUT2D eigenvalue weighted by molar-refractivity contribution is 6.22. The minimum atomic E-state index is -0.381. The van der Waals surface area contributed by atoms with Gasteiger partial charge in [-0.1, -0.05) is 42.5 Å². The molecule has 7 nitrogen and oxygen atoms in total. The quantitative estimate of drug-likeness (QED) is 0.535. The molecule has 0 spiro atoms. The number of benzene rings is 3. The topological polar surface area (TPSA) is 79.0 Å². The zero-order valence-electron chi connectivity index (χ0n) is 19.4. The molecule has 0 bridgehead atoms. The van der Waals surface area contributed by atoms with E-state index in [0.29, 0.717) is 16.8 Å². The summed E-state index contributed by atoms with van der Waals surface area (Å²) in [7, 11) is 0. The molecule has 3 aromatic rings. The van der Waals surface area contributed by atoms with Crippen molar-refractivity contribution in [1.29, 1.82) is 0 Å². The Labute approximate surface area is 204 Å². The van der Waals surface area contributed by atoms with Crippen LogP contribution in [0.5, 0.6) is 0 Å². The highest BCUT2D eigenvalue weighted by Gasteiger charge is 2.36. The van der Waals surface area contributed by atoms with Gasteiger partial charge in [0.05, 0.1) is 30.9 Å². The second kappa shape index (κ2) is 10.2. The number of nitrogens with zero attached hydrogens (tertiary/aromatic N) is 2. The molecule has 2 aliphatic rings. The maximum absolute atomic E-state index is 12.9. The molecule has 1 saturated heterocycles. The molecule has 0 atom stereocenters. The number of rotatable bonds is 7. The van der Waals surface area contributed by atoms with E-state index in [2.05, 4.69) is 10.2 Å². The molecule has 0 aliphatic carbocycles. The third-order valence-corrected chi connectivity index (χ3v) is 6.45. The van der Waals surface area contributed by atoms with Crippen molar-refractivity contribution in [2.75, 3.05) is 38.2 Å². The Morgan fingerprint density at radius 2 is 1.54 bits per heavy atom. The van der Waals surface area contributed by atoms with Crippen LogP contribution in [0.1, 0.15) is 42.2 Å². The zero-order chi connectivity index (χ0) is 24.2. The van der Waals surface area contributed by atoms with Crippen molar-refractivity contribution >= 4 is 23.4 Å². The van der Waals surface area contributed by atoms with E-state index in [1.54, 1.807) is 12.1 Å². The van der Waals surface area contributed by atoms with Gasteiger partial charge in [-0.05, 0) is 47.9 Å². The van der Waals surface area contributed by atoms with Crippen LogP contribution < -0.4 is 5.32 Å². The molecule has 1 N–H and O–H groups in total. The van der Waals surface area contributed by atoms with Crippen molar-refractivity contribution in [2.24, 2.45) is 0 Å². The van der Waals surface area contributed by atoms with Crippen LogP contribution in [0.15, 0.2) is 72.8 Å². The molecule has 0 unspecified atom stereocenters. The summed E-state index contributed by atoms with van der Waals surface area (Å²) in [6, 6.07) is 21.8. The number of hydrogen-bond donors (Lipinski definition) is 1. The fourth-order valence-corrected chi connectivity index (χ4v) is 4.41. The Morgan fingerprint density at radius 1 is 0.829 bits per heavy atom. The van der Waals surface area contributed by atoms with Gasteiger partial charge in [0.15, 0.2) is 0 Å². The summed E-state index contributed by atoms with van der Waals surface area (Å²) in [6.45, 7) is 4.70. The molecular formula is C28H27N3O4. The minimum absolute atomic E-state index is 0.201. The number of nitrogens with one attached hydrogen (secondary N) is 1. The summed E-state index contributed by atoms with van der Waals surface area (Å²) in [4.78, 5) is 42.1. The zero-order valence-corrected chi connectivity index (χ0v) is 19.4. The number of morpholine rings is 1. The molecule has 2 heterocycles. The molecule has 5 rings (SSSR count). The van der Waals surface area contributed by atoms with E-state index >= 15 is 0 Å². The molecule has 2 aliphatic heterocycles. The van der Waals surface area contributed by atoms with Crippen molar-refractivity contribution in [2.45, 2.75) is 13.0 Å². The van der Waals surface area contributed by atoms with E-state index in [4.69, 9.17) is 4.74 Å². The summed E-state index contributed by atoms with van der Waals surface area (Å²) in [6.07, 6.45) is 0.939. The first kappa shape index (κ1) is 23.0. The van der Waals surface area contributed by atoms with Gasteiger partial charge in [0.2, 0.25) is 0 Å². The molecule has 0 aromatic heterocycles. The number of carbonyl (C=O) groups is 3. The normalized spacial score (nSPS) is 15.8. The number of fused-ring (bicyclic) bond motifs is 1. The molecule has 178 valence electrons. The highest BCUT2D eigenvalue weighted by Crippen LogP contribution is 2.26. The summed E-state index contributed by atoms with van der Waals surface area (Å²) >= 11 is 0. The molecule has 3 amide bonds. The van der Waals surface area contributed by atoms with Crippen LogP contribution in [0, 0.1) is 0 Å². The lowest BCUT2D eigenvalue weighted by molar-refractivity contribution is 0.0384. The maximum Gasteiger partial charge on any atom is 0.261 e. The lowest BCUT2D eigenvalue weighted by Gasteiger charge is -2.26. The van der Waals surface area contributed by atoms with Crippen molar-refractivity contribution in [1.82, 2.24) is 9.80 Å². The fourth-order valence-electron chi connectivity index (χ4n) is 4.41. The molecule has 1 fully saturated rings. The van der Waals surface area contributed by atoms with E-state index in [9.17, 15) is 14.4 Å². The first-order valence-electron chi connectivity index (χ1n) is 11.8. The second-order valence-electron chi connectivity index (χ2n) is 8.80. The Balaban J connectivity index is 1.22. The van der Waals surface area contributed by atoms with Gasteiger partial charge in [-0.25, -0.2) is 0 Å². The van der Waals surface area contributed by atoms with E-state index < -0.39 is 0 Å². The highest BCUT2D eigenvalue weighted by atomic mass is 16.5. The van der Waals surface area contributed by atoms with Gasteiger partial charge in [-0.15, -0.1) is 0 Å². The van der Waals surface area contributed by atoms with E-state index in [-0.39, 0.29) is 29.8 Å². The number of hydrogen-bond acceptors (Lipinski definition) is 5. The Hall–Kier alpha value is -3.81. The predicted molar refractivity (Wildman–Crippen MR) is 132 cm³/mol. The Morgan fingerprint density at radius 3 is 2.29 bits per heavy atom. The molecule has 3 aromatic carbocycles. The monoisotopic (exact) mass is 469 g/mol. The SMILES string of the molecule is O=C(Nc1ccc(CCN2CCOCC2)cc1)c1ccc2c(c1)C(=O)N(Cc1ccccc1)C2=O. The van der Waals surface area contributed by atoms with Gasteiger partial charge in [0, 0.05) is 30.9 Å². The average Bonchev–Trinajstić information content (AvgIpc) is 3.13. The van der Waals surface area contributed by atoms with Crippen LogP contribution in [0.2, 0.25) is 0 Å². The predicted octanol–water partition coefficient (Wildman–Crippen LogP) is 3.61.